The summed E-state index contributed by atoms with van der Waals surface area (Å²) in [6.45, 7) is 3.22. The zero-order valence-electron chi connectivity index (χ0n) is 10.3. The second-order valence-electron chi connectivity index (χ2n) is 4.31. The van der Waals surface area contributed by atoms with Crippen molar-refractivity contribution in [3.63, 3.8) is 0 Å². The third-order valence-corrected chi connectivity index (χ3v) is 5.01. The SMILES string of the molecule is CC(O)CC(C)NS(=O)(=O)c1c(Cl)cc(Cl)cc1Cl. The summed E-state index contributed by atoms with van der Waals surface area (Å²) in [4.78, 5) is -0.210. The number of benzene rings is 1. The van der Waals surface area contributed by atoms with Crippen LogP contribution in [0.1, 0.15) is 20.3 Å². The van der Waals surface area contributed by atoms with Crippen molar-refractivity contribution >= 4 is 44.8 Å². The van der Waals surface area contributed by atoms with Crippen LogP contribution >= 0.6 is 34.8 Å². The second-order valence-corrected chi connectivity index (χ2v) is 7.21. The van der Waals surface area contributed by atoms with E-state index in [1.807, 2.05) is 0 Å². The second kappa shape index (κ2) is 6.61. The Hall–Kier alpha value is -0.0400. The van der Waals surface area contributed by atoms with Crippen molar-refractivity contribution in [3.8, 4) is 0 Å². The van der Waals surface area contributed by atoms with Gasteiger partial charge in [0, 0.05) is 11.1 Å². The normalized spacial score (nSPS) is 15.3. The summed E-state index contributed by atoms with van der Waals surface area (Å²) < 4.78 is 26.7. The number of aliphatic hydroxyl groups is 1. The first-order valence-corrected chi connectivity index (χ1v) is 8.10. The lowest BCUT2D eigenvalue weighted by Gasteiger charge is -2.17. The molecule has 2 unspecified atom stereocenters. The van der Waals surface area contributed by atoms with Gasteiger partial charge in [0.1, 0.15) is 4.90 Å². The first-order valence-electron chi connectivity index (χ1n) is 5.48. The van der Waals surface area contributed by atoms with Gasteiger partial charge in [0.2, 0.25) is 10.0 Å². The van der Waals surface area contributed by atoms with E-state index in [0.717, 1.165) is 0 Å². The maximum atomic E-state index is 12.2. The van der Waals surface area contributed by atoms with Gasteiger partial charge in [-0.2, -0.15) is 0 Å². The molecule has 0 aromatic heterocycles. The lowest BCUT2D eigenvalue weighted by Crippen LogP contribution is -2.35. The third kappa shape index (κ3) is 4.77. The van der Waals surface area contributed by atoms with Crippen LogP contribution in [0.5, 0.6) is 0 Å². The minimum atomic E-state index is -3.87. The van der Waals surface area contributed by atoms with Gasteiger partial charge in [0.25, 0.3) is 0 Å². The highest BCUT2D eigenvalue weighted by molar-refractivity contribution is 7.89. The molecule has 0 aliphatic rings. The van der Waals surface area contributed by atoms with Crippen LogP contribution < -0.4 is 4.72 Å². The summed E-state index contributed by atoms with van der Waals surface area (Å²) in [5.41, 5.74) is 0. The molecule has 1 rings (SSSR count). The topological polar surface area (TPSA) is 66.4 Å². The molecule has 0 spiro atoms. The Balaban J connectivity index is 3.08. The molecule has 4 nitrogen and oxygen atoms in total. The molecule has 0 saturated carbocycles. The highest BCUT2D eigenvalue weighted by Crippen LogP contribution is 2.32. The van der Waals surface area contributed by atoms with Gasteiger partial charge in [0.05, 0.1) is 16.1 Å². The van der Waals surface area contributed by atoms with Crippen LogP contribution in [0.2, 0.25) is 15.1 Å². The van der Waals surface area contributed by atoms with Crippen molar-refractivity contribution in [1.82, 2.24) is 4.72 Å². The zero-order chi connectivity index (χ0) is 14.8. The molecule has 1 aromatic rings. The molecule has 0 saturated heterocycles. The van der Waals surface area contributed by atoms with Crippen LogP contribution in [0.25, 0.3) is 0 Å². The number of hydrogen-bond donors (Lipinski definition) is 2. The third-order valence-electron chi connectivity index (χ3n) is 2.28. The number of rotatable bonds is 5. The summed E-state index contributed by atoms with van der Waals surface area (Å²) in [5, 5.41) is 9.39. The largest absolute Gasteiger partial charge is 0.393 e. The zero-order valence-corrected chi connectivity index (χ0v) is 13.4. The fourth-order valence-electron chi connectivity index (χ4n) is 1.67. The van der Waals surface area contributed by atoms with Gasteiger partial charge in [-0.1, -0.05) is 34.8 Å². The van der Waals surface area contributed by atoms with Crippen molar-refractivity contribution < 1.29 is 13.5 Å². The molecule has 0 fully saturated rings. The van der Waals surface area contributed by atoms with Crippen LogP contribution in [0, 0.1) is 0 Å². The van der Waals surface area contributed by atoms with Crippen molar-refractivity contribution in [2.45, 2.75) is 37.3 Å². The highest BCUT2D eigenvalue weighted by Gasteiger charge is 2.24. The van der Waals surface area contributed by atoms with Crippen LogP contribution in [-0.2, 0) is 10.0 Å². The Labute approximate surface area is 127 Å². The summed E-state index contributed by atoms with van der Waals surface area (Å²) in [5.74, 6) is 0. The molecule has 108 valence electrons. The number of halogens is 3. The Morgan fingerprint density at radius 3 is 2.11 bits per heavy atom. The van der Waals surface area contributed by atoms with Crippen LogP contribution in [0.15, 0.2) is 17.0 Å². The van der Waals surface area contributed by atoms with Gasteiger partial charge < -0.3 is 5.11 Å². The number of sulfonamides is 1. The summed E-state index contributed by atoms with van der Waals surface area (Å²) in [7, 11) is -3.87. The van der Waals surface area contributed by atoms with Crippen molar-refractivity contribution in [2.24, 2.45) is 0 Å². The van der Waals surface area contributed by atoms with E-state index in [2.05, 4.69) is 4.72 Å². The molecule has 0 bridgehead atoms. The van der Waals surface area contributed by atoms with E-state index in [1.165, 1.54) is 12.1 Å². The van der Waals surface area contributed by atoms with Gasteiger partial charge in [-0.05, 0) is 32.4 Å². The molecular formula is C11H14Cl3NO3S. The van der Waals surface area contributed by atoms with Crippen molar-refractivity contribution in [3.05, 3.63) is 27.2 Å². The first-order chi connectivity index (χ1) is 8.63. The van der Waals surface area contributed by atoms with Gasteiger partial charge in [-0.15, -0.1) is 0 Å². The summed E-state index contributed by atoms with van der Waals surface area (Å²) in [6, 6.07) is 2.17. The molecular weight excluding hydrogens is 333 g/mol. The van der Waals surface area contributed by atoms with Gasteiger partial charge in [0.15, 0.2) is 0 Å². The van der Waals surface area contributed by atoms with Crippen LogP contribution in [0.4, 0.5) is 0 Å². The summed E-state index contributed by atoms with van der Waals surface area (Å²) >= 11 is 17.5. The molecule has 2 atom stereocenters. The lowest BCUT2D eigenvalue weighted by molar-refractivity contribution is 0.175. The number of nitrogens with one attached hydrogen (secondary N) is 1. The smallest absolute Gasteiger partial charge is 0.243 e. The molecule has 8 heteroatoms. The maximum absolute atomic E-state index is 12.2. The molecule has 0 radical (unpaired) electrons. The van der Waals surface area contributed by atoms with E-state index in [4.69, 9.17) is 34.8 Å². The highest BCUT2D eigenvalue weighted by atomic mass is 35.5. The Morgan fingerprint density at radius 1 is 1.21 bits per heavy atom. The quantitative estimate of drug-likeness (QED) is 0.861. The van der Waals surface area contributed by atoms with E-state index >= 15 is 0 Å². The molecule has 0 aliphatic heterocycles. The van der Waals surface area contributed by atoms with Gasteiger partial charge >= 0.3 is 0 Å². The predicted octanol–water partition coefficient (Wildman–Crippen LogP) is 3.08. The fraction of sp³-hybridized carbons (Fsp3) is 0.455. The molecule has 0 aliphatic carbocycles. The van der Waals surface area contributed by atoms with Crippen LogP contribution in [-0.4, -0.2) is 25.7 Å². The standard InChI is InChI=1S/C11H14Cl3NO3S/c1-6(3-7(2)16)15-19(17,18)11-9(13)4-8(12)5-10(11)14/h4-7,15-16H,3H2,1-2H3. The van der Waals surface area contributed by atoms with Gasteiger partial charge in [-0.3, -0.25) is 0 Å². The predicted molar refractivity (Wildman–Crippen MR) is 77.6 cm³/mol. The van der Waals surface area contributed by atoms with Crippen molar-refractivity contribution in [2.75, 3.05) is 0 Å². The molecule has 1 aromatic carbocycles. The Bertz CT molecular complexity index is 537. The average molecular weight is 347 g/mol. The molecule has 19 heavy (non-hydrogen) atoms. The molecule has 2 N–H and O–H groups in total. The Morgan fingerprint density at radius 2 is 1.68 bits per heavy atom. The maximum Gasteiger partial charge on any atom is 0.243 e. The van der Waals surface area contributed by atoms with Crippen LogP contribution in [0.3, 0.4) is 0 Å². The average Bonchev–Trinajstić information content (AvgIpc) is 2.10. The van der Waals surface area contributed by atoms with E-state index in [-0.39, 0.29) is 26.4 Å². The number of hydrogen-bond acceptors (Lipinski definition) is 3. The number of aliphatic hydroxyl groups excluding tert-OH is 1. The lowest BCUT2D eigenvalue weighted by atomic mass is 10.2. The van der Waals surface area contributed by atoms with Crippen molar-refractivity contribution in [1.29, 1.82) is 0 Å². The van der Waals surface area contributed by atoms with E-state index in [9.17, 15) is 13.5 Å². The molecule has 0 amide bonds. The van der Waals surface area contributed by atoms with E-state index in [1.54, 1.807) is 13.8 Å². The first kappa shape index (κ1) is 17.0. The minimum absolute atomic E-state index is 0.0470. The summed E-state index contributed by atoms with van der Waals surface area (Å²) in [6.07, 6.45) is -0.337. The van der Waals surface area contributed by atoms with E-state index in [0.29, 0.717) is 0 Å². The molecule has 0 heterocycles. The van der Waals surface area contributed by atoms with E-state index < -0.39 is 22.2 Å². The monoisotopic (exact) mass is 345 g/mol. The van der Waals surface area contributed by atoms with Gasteiger partial charge in [-0.25, -0.2) is 13.1 Å². The Kier molecular flexibility index (Phi) is 5.92. The minimum Gasteiger partial charge on any atom is -0.393 e. The fourth-order valence-corrected chi connectivity index (χ4v) is 4.47.